The molecular weight excluding hydrogens is 414 g/mol. The molecule has 0 amide bonds. The van der Waals surface area contributed by atoms with Gasteiger partial charge in [0.2, 0.25) is 0 Å². The highest BCUT2D eigenvalue weighted by Gasteiger charge is 2.28. The first-order valence-corrected chi connectivity index (χ1v) is 11.5. The van der Waals surface area contributed by atoms with Gasteiger partial charge in [-0.1, -0.05) is 41.5 Å². The molecule has 1 aromatic carbocycles. The fourth-order valence-corrected chi connectivity index (χ4v) is 4.24. The number of Topliss-reactive ketones (excluding diaryl/α,β-unsaturated/α-hetero) is 1. The summed E-state index contributed by atoms with van der Waals surface area (Å²) in [5.74, 6) is 1.41. The predicted molar refractivity (Wildman–Crippen MR) is 135 cm³/mol. The van der Waals surface area contributed by atoms with Crippen molar-refractivity contribution in [3.8, 4) is 11.5 Å². The van der Waals surface area contributed by atoms with E-state index < -0.39 is 0 Å². The van der Waals surface area contributed by atoms with Crippen LogP contribution in [-0.4, -0.2) is 27.0 Å². The third-order valence-corrected chi connectivity index (χ3v) is 6.10. The first-order chi connectivity index (χ1) is 15.2. The van der Waals surface area contributed by atoms with E-state index in [0.29, 0.717) is 23.5 Å². The minimum absolute atomic E-state index is 0.0718. The molecule has 0 radical (unpaired) electrons. The molecule has 2 aromatic heterocycles. The smallest absolute Gasteiger partial charge is 0.182 e. The van der Waals surface area contributed by atoms with Gasteiger partial charge in [-0.2, -0.15) is 0 Å². The fraction of sp³-hybridized carbons (Fsp3) is 0.481. The molecule has 6 nitrogen and oxygen atoms in total. The summed E-state index contributed by atoms with van der Waals surface area (Å²) in [6, 6.07) is 3.63. The molecule has 0 unspecified atom stereocenters. The topological polar surface area (TPSA) is 90.4 Å². The van der Waals surface area contributed by atoms with Crippen molar-refractivity contribution in [2.24, 2.45) is 0 Å². The second-order valence-corrected chi connectivity index (χ2v) is 10.8. The van der Waals surface area contributed by atoms with Gasteiger partial charge in [-0.3, -0.25) is 4.79 Å². The van der Waals surface area contributed by atoms with Gasteiger partial charge < -0.3 is 20.1 Å². The first kappa shape index (κ1) is 24.6. The minimum Gasteiger partial charge on any atom is -0.507 e. The number of benzene rings is 1. The number of pyridine rings is 1. The summed E-state index contributed by atoms with van der Waals surface area (Å²) in [4.78, 5) is 18.1. The zero-order valence-corrected chi connectivity index (χ0v) is 21.4. The number of fused-ring (bicyclic) bond motifs is 1. The third kappa shape index (κ3) is 4.56. The molecule has 2 heterocycles. The average Bonchev–Trinajstić information content (AvgIpc) is 2.99. The lowest BCUT2D eigenvalue weighted by molar-refractivity contribution is 0.0972. The molecule has 6 heteroatoms. The van der Waals surface area contributed by atoms with Crippen molar-refractivity contribution < 1.29 is 14.6 Å². The Morgan fingerprint density at radius 3 is 2.12 bits per heavy atom. The molecule has 0 bridgehead atoms. The van der Waals surface area contributed by atoms with Crippen molar-refractivity contribution in [1.29, 1.82) is 0 Å². The van der Waals surface area contributed by atoms with Crippen LogP contribution in [0.1, 0.15) is 81.2 Å². The van der Waals surface area contributed by atoms with E-state index >= 15 is 0 Å². The van der Waals surface area contributed by atoms with Gasteiger partial charge in [0.1, 0.15) is 22.8 Å². The molecule has 33 heavy (non-hydrogen) atoms. The molecule has 0 spiro atoms. The van der Waals surface area contributed by atoms with Crippen LogP contribution >= 0.6 is 0 Å². The number of hydrogen-bond acceptors (Lipinski definition) is 5. The molecule has 0 aliphatic heterocycles. The van der Waals surface area contributed by atoms with Crippen molar-refractivity contribution >= 4 is 22.5 Å². The van der Waals surface area contributed by atoms with E-state index in [2.05, 4.69) is 4.98 Å². The van der Waals surface area contributed by atoms with Gasteiger partial charge in [-0.05, 0) is 43.7 Å². The van der Waals surface area contributed by atoms with E-state index in [9.17, 15) is 9.90 Å². The van der Waals surface area contributed by atoms with Gasteiger partial charge in [-0.15, -0.1) is 0 Å². The van der Waals surface area contributed by atoms with Crippen LogP contribution < -0.4 is 10.5 Å². The number of phenolic OH excluding ortho intramolecular Hbond substituents is 1. The Morgan fingerprint density at radius 2 is 1.64 bits per heavy atom. The van der Waals surface area contributed by atoms with Gasteiger partial charge in [0.15, 0.2) is 5.78 Å². The SMILES string of the molecule is CCOc1c(C)nc2c(N)n(CC(=O)c3cc(C(C)(C)C)c(O)c(C(C)(C)C)c3)cc2c1C. The number of hydrogen-bond donors (Lipinski definition) is 2. The molecule has 178 valence electrons. The highest BCUT2D eigenvalue weighted by atomic mass is 16.5. The van der Waals surface area contributed by atoms with E-state index in [1.807, 2.05) is 80.6 Å². The number of ketones is 1. The number of nitrogens with zero attached hydrogens (tertiary/aromatic N) is 2. The molecule has 0 saturated carbocycles. The summed E-state index contributed by atoms with van der Waals surface area (Å²) in [6.45, 7) is 18.7. The maximum Gasteiger partial charge on any atom is 0.182 e. The van der Waals surface area contributed by atoms with E-state index in [0.717, 1.165) is 33.5 Å². The molecule has 3 aromatic rings. The van der Waals surface area contributed by atoms with Gasteiger partial charge >= 0.3 is 0 Å². The Hall–Kier alpha value is -3.02. The number of rotatable bonds is 5. The lowest BCUT2D eigenvalue weighted by atomic mass is 9.78. The summed E-state index contributed by atoms with van der Waals surface area (Å²) in [6.07, 6.45) is 1.88. The number of nitrogens with two attached hydrogens (primary N) is 1. The Bertz CT molecular complexity index is 1190. The number of anilines is 1. The summed E-state index contributed by atoms with van der Waals surface area (Å²) < 4.78 is 7.53. The van der Waals surface area contributed by atoms with Gasteiger partial charge in [-0.25, -0.2) is 4.98 Å². The molecule has 0 fully saturated rings. The van der Waals surface area contributed by atoms with E-state index in [1.165, 1.54) is 0 Å². The normalized spacial score (nSPS) is 12.4. The van der Waals surface area contributed by atoms with Crippen LogP contribution in [0.2, 0.25) is 0 Å². The van der Waals surface area contributed by atoms with Crippen LogP contribution in [-0.2, 0) is 17.4 Å². The monoisotopic (exact) mass is 451 g/mol. The maximum atomic E-state index is 13.4. The van der Waals surface area contributed by atoms with E-state index in [1.54, 1.807) is 4.57 Å². The molecule has 0 saturated heterocycles. The zero-order valence-electron chi connectivity index (χ0n) is 21.4. The van der Waals surface area contributed by atoms with Crippen molar-refractivity contribution in [3.05, 3.63) is 46.3 Å². The van der Waals surface area contributed by atoms with Crippen LogP contribution in [0.15, 0.2) is 18.3 Å². The van der Waals surface area contributed by atoms with Gasteiger partial charge in [0, 0.05) is 33.8 Å². The van der Waals surface area contributed by atoms with Crippen molar-refractivity contribution in [3.63, 3.8) is 0 Å². The minimum atomic E-state index is -0.310. The zero-order chi connectivity index (χ0) is 24.9. The number of aromatic nitrogens is 2. The quantitative estimate of drug-likeness (QED) is 0.477. The Labute approximate surface area is 196 Å². The second-order valence-electron chi connectivity index (χ2n) is 10.8. The molecule has 0 aliphatic rings. The summed E-state index contributed by atoms with van der Waals surface area (Å²) in [7, 11) is 0. The Balaban J connectivity index is 2.09. The lowest BCUT2D eigenvalue weighted by Gasteiger charge is -2.28. The second kappa shape index (κ2) is 8.40. The average molecular weight is 452 g/mol. The highest BCUT2D eigenvalue weighted by Crippen LogP contribution is 2.40. The standard InChI is InChI=1S/C27H37N3O3/c1-10-33-24-15(2)18-13-30(25(28)22(18)29-16(24)3)14-21(31)17-11-19(26(4,5)6)23(32)20(12-17)27(7,8)9/h11-13,32H,10,14,28H2,1-9H3. The van der Waals surface area contributed by atoms with Crippen LogP contribution in [0.3, 0.4) is 0 Å². The van der Waals surface area contributed by atoms with Crippen molar-refractivity contribution in [1.82, 2.24) is 9.55 Å². The predicted octanol–water partition coefficient (Wildman–Crippen LogP) is 5.82. The Morgan fingerprint density at radius 1 is 1.09 bits per heavy atom. The number of aryl methyl sites for hydroxylation is 2. The number of ether oxygens (including phenoxy) is 1. The van der Waals surface area contributed by atoms with Crippen LogP contribution in [0, 0.1) is 13.8 Å². The number of carbonyl (C=O) groups is 1. The number of nitrogen functional groups attached to an aromatic ring is 1. The van der Waals surface area contributed by atoms with E-state index in [-0.39, 0.29) is 28.9 Å². The maximum absolute atomic E-state index is 13.4. The molecule has 0 atom stereocenters. The van der Waals surface area contributed by atoms with Crippen molar-refractivity contribution in [2.75, 3.05) is 12.3 Å². The summed E-state index contributed by atoms with van der Waals surface area (Å²) in [5, 5.41) is 11.8. The third-order valence-electron chi connectivity index (χ3n) is 6.10. The number of aromatic hydroxyl groups is 1. The van der Waals surface area contributed by atoms with Gasteiger partial charge in [0.05, 0.1) is 18.8 Å². The summed E-state index contributed by atoms with van der Waals surface area (Å²) in [5.41, 5.74) is 10.3. The number of phenols is 1. The molecule has 0 aliphatic carbocycles. The first-order valence-electron chi connectivity index (χ1n) is 11.5. The lowest BCUT2D eigenvalue weighted by Crippen LogP contribution is -2.20. The highest BCUT2D eigenvalue weighted by molar-refractivity contribution is 5.99. The number of carbonyl (C=O) groups excluding carboxylic acids is 1. The summed E-state index contributed by atoms with van der Waals surface area (Å²) >= 11 is 0. The van der Waals surface area contributed by atoms with Crippen molar-refractivity contribution in [2.45, 2.75) is 79.7 Å². The molecular formula is C27H37N3O3. The van der Waals surface area contributed by atoms with Crippen LogP contribution in [0.25, 0.3) is 10.9 Å². The Kier molecular flexibility index (Phi) is 6.26. The van der Waals surface area contributed by atoms with Crippen LogP contribution in [0.4, 0.5) is 5.82 Å². The fourth-order valence-electron chi connectivity index (χ4n) is 4.24. The largest absolute Gasteiger partial charge is 0.507 e. The molecule has 3 rings (SSSR count). The van der Waals surface area contributed by atoms with E-state index in [4.69, 9.17) is 10.5 Å². The van der Waals surface area contributed by atoms with Crippen LogP contribution in [0.5, 0.6) is 11.5 Å². The molecule has 3 N–H and O–H groups in total. The van der Waals surface area contributed by atoms with Gasteiger partial charge in [0.25, 0.3) is 0 Å².